The van der Waals surface area contributed by atoms with E-state index in [-0.39, 0.29) is 35.8 Å². The summed E-state index contributed by atoms with van der Waals surface area (Å²) in [5.74, 6) is -0.789. The largest absolute Gasteiger partial charge is 0.487 e. The van der Waals surface area contributed by atoms with E-state index in [1.165, 1.54) is 35.2 Å². The fourth-order valence-corrected chi connectivity index (χ4v) is 3.24. The first-order chi connectivity index (χ1) is 14.4. The quantitative estimate of drug-likeness (QED) is 0.641. The molecule has 30 heavy (non-hydrogen) atoms. The summed E-state index contributed by atoms with van der Waals surface area (Å²) in [4.78, 5) is 14.5. The van der Waals surface area contributed by atoms with Crippen molar-refractivity contribution in [2.45, 2.75) is 19.5 Å². The van der Waals surface area contributed by atoms with Gasteiger partial charge in [0, 0.05) is 18.3 Å². The Labute approximate surface area is 169 Å². The highest BCUT2D eigenvalue weighted by Crippen LogP contribution is 2.28. The number of carbonyl (C=O) groups excluding carboxylic acids is 1. The van der Waals surface area contributed by atoms with Crippen LogP contribution in [0.5, 0.6) is 5.75 Å². The highest BCUT2D eigenvalue weighted by atomic mass is 19.3. The zero-order valence-corrected chi connectivity index (χ0v) is 15.6. The summed E-state index contributed by atoms with van der Waals surface area (Å²) in [6.07, 6.45) is -0.929. The standard InChI is InChI=1S/C21H15F3N4O2/c22-15-2-4-16(5-3-15)28-10-14-9-27(11-18(14)26-28)21(29)17-7-13(8-25)1-6-19(17)30-12-20(23)24/h1-7,10,20H,9,11-12H2. The predicted octanol–water partition coefficient (Wildman–Crippen LogP) is 3.68. The molecule has 0 unspecified atom stereocenters. The average molecular weight is 412 g/mol. The maximum atomic E-state index is 13.1. The second-order valence-corrected chi connectivity index (χ2v) is 6.71. The highest BCUT2D eigenvalue weighted by molar-refractivity contribution is 5.97. The molecule has 9 heteroatoms. The molecule has 0 saturated heterocycles. The van der Waals surface area contributed by atoms with Crippen molar-refractivity contribution in [3.8, 4) is 17.5 Å². The van der Waals surface area contributed by atoms with E-state index >= 15 is 0 Å². The van der Waals surface area contributed by atoms with Crippen molar-refractivity contribution < 1.29 is 22.7 Å². The molecule has 0 aliphatic carbocycles. The molecule has 2 heterocycles. The summed E-state index contributed by atoms with van der Waals surface area (Å²) in [5.41, 5.74) is 2.46. The molecule has 0 radical (unpaired) electrons. The first-order valence-electron chi connectivity index (χ1n) is 9.02. The minimum atomic E-state index is -2.69. The lowest BCUT2D eigenvalue weighted by Gasteiger charge is -2.18. The van der Waals surface area contributed by atoms with E-state index in [9.17, 15) is 18.0 Å². The van der Waals surface area contributed by atoms with Crippen LogP contribution in [0.1, 0.15) is 27.2 Å². The van der Waals surface area contributed by atoms with E-state index < -0.39 is 18.9 Å². The molecule has 1 aliphatic rings. The highest BCUT2D eigenvalue weighted by Gasteiger charge is 2.29. The molecular formula is C21H15F3N4O2. The Morgan fingerprint density at radius 2 is 1.97 bits per heavy atom. The monoisotopic (exact) mass is 412 g/mol. The van der Waals surface area contributed by atoms with Crippen LogP contribution in [0.25, 0.3) is 5.69 Å². The number of hydrogen-bond donors (Lipinski definition) is 0. The van der Waals surface area contributed by atoms with Crippen LogP contribution in [0.15, 0.2) is 48.7 Å². The number of nitrogens with zero attached hydrogens (tertiary/aromatic N) is 4. The molecule has 0 spiro atoms. The maximum absolute atomic E-state index is 13.1. The van der Waals surface area contributed by atoms with Crippen molar-refractivity contribution in [1.29, 1.82) is 5.26 Å². The van der Waals surface area contributed by atoms with E-state index in [0.717, 1.165) is 5.56 Å². The molecule has 0 saturated carbocycles. The molecule has 0 atom stereocenters. The van der Waals surface area contributed by atoms with E-state index in [1.807, 2.05) is 6.07 Å². The van der Waals surface area contributed by atoms with E-state index in [2.05, 4.69) is 5.10 Å². The van der Waals surface area contributed by atoms with Crippen molar-refractivity contribution in [2.24, 2.45) is 0 Å². The van der Waals surface area contributed by atoms with Gasteiger partial charge in [-0.05, 0) is 42.5 Å². The second-order valence-electron chi connectivity index (χ2n) is 6.71. The van der Waals surface area contributed by atoms with Crippen LogP contribution in [-0.4, -0.2) is 33.6 Å². The first-order valence-corrected chi connectivity index (χ1v) is 9.02. The number of carbonyl (C=O) groups is 1. The number of amides is 1. The van der Waals surface area contributed by atoms with Crippen LogP contribution < -0.4 is 4.74 Å². The Kier molecular flexibility index (Phi) is 5.14. The number of hydrogen-bond acceptors (Lipinski definition) is 4. The van der Waals surface area contributed by atoms with Crippen LogP contribution in [0.4, 0.5) is 13.2 Å². The van der Waals surface area contributed by atoms with Crippen molar-refractivity contribution in [3.63, 3.8) is 0 Å². The zero-order chi connectivity index (χ0) is 21.3. The zero-order valence-electron chi connectivity index (χ0n) is 15.6. The van der Waals surface area contributed by atoms with Crippen molar-refractivity contribution in [3.05, 3.63) is 76.9 Å². The van der Waals surface area contributed by atoms with Crippen molar-refractivity contribution in [2.75, 3.05) is 6.61 Å². The Morgan fingerprint density at radius 3 is 2.63 bits per heavy atom. The first kappa shape index (κ1) is 19.5. The molecule has 2 aromatic carbocycles. The van der Waals surface area contributed by atoms with Gasteiger partial charge in [-0.3, -0.25) is 4.79 Å². The number of alkyl halides is 2. The molecule has 1 aromatic heterocycles. The van der Waals surface area contributed by atoms with Gasteiger partial charge in [0.2, 0.25) is 0 Å². The third-order valence-corrected chi connectivity index (χ3v) is 4.66. The molecule has 1 amide bonds. The summed E-state index contributed by atoms with van der Waals surface area (Å²) in [7, 11) is 0. The predicted molar refractivity (Wildman–Crippen MR) is 99.8 cm³/mol. The summed E-state index contributed by atoms with van der Waals surface area (Å²) < 4.78 is 44.8. The molecule has 0 fully saturated rings. The van der Waals surface area contributed by atoms with E-state index in [4.69, 9.17) is 10.00 Å². The van der Waals surface area contributed by atoms with Gasteiger partial charge < -0.3 is 9.64 Å². The molecule has 0 N–H and O–H groups in total. The second kappa shape index (κ2) is 7.91. The summed E-state index contributed by atoms with van der Waals surface area (Å²) in [6.45, 7) is -0.371. The van der Waals surface area contributed by atoms with Crippen LogP contribution in [0.3, 0.4) is 0 Å². The molecule has 152 valence electrons. The third-order valence-electron chi connectivity index (χ3n) is 4.66. The van der Waals surface area contributed by atoms with Crippen LogP contribution in [0.2, 0.25) is 0 Å². The minimum Gasteiger partial charge on any atom is -0.487 e. The Morgan fingerprint density at radius 1 is 1.20 bits per heavy atom. The third kappa shape index (κ3) is 3.85. The Hall–Kier alpha value is -3.80. The van der Waals surface area contributed by atoms with Gasteiger partial charge in [0.1, 0.15) is 18.2 Å². The smallest absolute Gasteiger partial charge is 0.272 e. The normalized spacial score (nSPS) is 12.7. The fourth-order valence-electron chi connectivity index (χ4n) is 3.24. The molecule has 4 rings (SSSR count). The summed E-state index contributed by atoms with van der Waals surface area (Å²) in [5, 5.41) is 13.6. The van der Waals surface area contributed by atoms with Gasteiger partial charge in [-0.1, -0.05) is 0 Å². The molecule has 6 nitrogen and oxygen atoms in total. The minimum absolute atomic E-state index is 0.000200. The van der Waals surface area contributed by atoms with E-state index in [0.29, 0.717) is 11.4 Å². The lowest BCUT2D eigenvalue weighted by Crippen LogP contribution is -2.27. The molecule has 3 aromatic rings. The number of nitriles is 1. The number of fused-ring (bicyclic) bond motifs is 1. The summed E-state index contributed by atoms with van der Waals surface area (Å²) in [6, 6.07) is 11.9. The SMILES string of the molecule is N#Cc1ccc(OCC(F)F)c(C(=O)N2Cc3cn(-c4ccc(F)cc4)nc3C2)c1. The van der Waals surface area contributed by atoms with Crippen molar-refractivity contribution >= 4 is 5.91 Å². The van der Waals surface area contributed by atoms with Gasteiger partial charge in [0.05, 0.1) is 35.1 Å². The van der Waals surface area contributed by atoms with Crippen LogP contribution in [0, 0.1) is 17.1 Å². The van der Waals surface area contributed by atoms with E-state index in [1.54, 1.807) is 23.0 Å². The van der Waals surface area contributed by atoms with Crippen LogP contribution in [-0.2, 0) is 13.1 Å². The van der Waals surface area contributed by atoms with Gasteiger partial charge in [-0.15, -0.1) is 0 Å². The average Bonchev–Trinajstić information content (AvgIpc) is 3.31. The maximum Gasteiger partial charge on any atom is 0.272 e. The van der Waals surface area contributed by atoms with Gasteiger partial charge in [-0.2, -0.15) is 10.4 Å². The molecular weight excluding hydrogens is 397 g/mol. The van der Waals surface area contributed by atoms with Crippen molar-refractivity contribution in [1.82, 2.24) is 14.7 Å². The summed E-state index contributed by atoms with van der Waals surface area (Å²) >= 11 is 0. The lowest BCUT2D eigenvalue weighted by molar-refractivity contribution is 0.0708. The van der Waals surface area contributed by atoms with Gasteiger partial charge in [0.15, 0.2) is 0 Å². The van der Waals surface area contributed by atoms with Crippen LogP contribution >= 0.6 is 0 Å². The number of rotatable bonds is 5. The van der Waals surface area contributed by atoms with Gasteiger partial charge in [0.25, 0.3) is 12.3 Å². The van der Waals surface area contributed by atoms with Gasteiger partial charge in [-0.25, -0.2) is 17.9 Å². The fraction of sp³-hybridized carbons (Fsp3) is 0.190. The Balaban J connectivity index is 1.55. The topological polar surface area (TPSA) is 71.2 Å². The number of ether oxygens (including phenoxy) is 1. The molecule has 1 aliphatic heterocycles. The Bertz CT molecular complexity index is 1110. The lowest BCUT2D eigenvalue weighted by atomic mass is 10.1. The number of aromatic nitrogens is 2. The number of benzene rings is 2. The number of halogens is 3. The molecule has 0 bridgehead atoms. The van der Waals surface area contributed by atoms with Gasteiger partial charge >= 0.3 is 0 Å².